The quantitative estimate of drug-likeness (QED) is 0.638. The Kier molecular flexibility index (Phi) is 5.11. The SMILES string of the molecule is CCSc1ncc(CNCc2ccccn2)cn1. The van der Waals surface area contributed by atoms with Crippen LogP contribution in [0, 0.1) is 0 Å². The fourth-order valence-corrected chi connectivity index (χ4v) is 1.99. The topological polar surface area (TPSA) is 50.7 Å². The van der Waals surface area contributed by atoms with Gasteiger partial charge in [0.05, 0.1) is 5.69 Å². The fourth-order valence-electron chi connectivity index (χ4n) is 1.48. The molecule has 1 N–H and O–H groups in total. The van der Waals surface area contributed by atoms with E-state index in [1.54, 1.807) is 18.0 Å². The van der Waals surface area contributed by atoms with E-state index in [0.29, 0.717) is 0 Å². The van der Waals surface area contributed by atoms with E-state index in [1.165, 1.54) is 0 Å². The second-order valence-corrected chi connectivity index (χ2v) is 4.96. The molecule has 2 aromatic heterocycles. The minimum Gasteiger partial charge on any atom is -0.307 e. The predicted octanol–water partition coefficient (Wildman–Crippen LogP) is 2.27. The lowest BCUT2D eigenvalue weighted by atomic mass is 10.3. The number of nitrogens with one attached hydrogen (secondary N) is 1. The van der Waals surface area contributed by atoms with E-state index < -0.39 is 0 Å². The van der Waals surface area contributed by atoms with Gasteiger partial charge in [-0.15, -0.1) is 0 Å². The lowest BCUT2D eigenvalue weighted by Crippen LogP contribution is -2.13. The van der Waals surface area contributed by atoms with Crippen molar-refractivity contribution >= 4 is 11.8 Å². The first-order chi connectivity index (χ1) is 8.88. The molecule has 0 atom stereocenters. The molecule has 0 unspecified atom stereocenters. The van der Waals surface area contributed by atoms with Crippen LogP contribution < -0.4 is 5.32 Å². The number of pyridine rings is 1. The minimum absolute atomic E-state index is 0.756. The number of hydrogen-bond acceptors (Lipinski definition) is 5. The van der Waals surface area contributed by atoms with Gasteiger partial charge >= 0.3 is 0 Å². The Balaban J connectivity index is 1.80. The Hall–Kier alpha value is -1.46. The first-order valence-electron chi connectivity index (χ1n) is 5.93. The third-order valence-electron chi connectivity index (χ3n) is 2.32. The van der Waals surface area contributed by atoms with Crippen molar-refractivity contribution in [3.63, 3.8) is 0 Å². The molecule has 0 saturated carbocycles. The molecule has 5 heteroatoms. The molecule has 4 nitrogen and oxygen atoms in total. The fraction of sp³-hybridized carbons (Fsp3) is 0.308. The molecule has 0 aliphatic heterocycles. The average molecular weight is 260 g/mol. The summed E-state index contributed by atoms with van der Waals surface area (Å²) < 4.78 is 0. The summed E-state index contributed by atoms with van der Waals surface area (Å²) in [4.78, 5) is 12.8. The van der Waals surface area contributed by atoms with Crippen LogP contribution in [0.4, 0.5) is 0 Å². The third-order valence-corrected chi connectivity index (χ3v) is 3.07. The lowest BCUT2D eigenvalue weighted by Gasteiger charge is -2.04. The number of nitrogens with zero attached hydrogens (tertiary/aromatic N) is 3. The van der Waals surface area contributed by atoms with Crippen LogP contribution in [0.5, 0.6) is 0 Å². The Morgan fingerprint density at radius 1 is 1.11 bits per heavy atom. The maximum absolute atomic E-state index is 4.29. The summed E-state index contributed by atoms with van der Waals surface area (Å²) in [7, 11) is 0. The van der Waals surface area contributed by atoms with Crippen LogP contribution in [-0.4, -0.2) is 20.7 Å². The van der Waals surface area contributed by atoms with Gasteiger partial charge in [-0.05, 0) is 17.9 Å². The van der Waals surface area contributed by atoms with Crippen molar-refractivity contribution in [1.82, 2.24) is 20.3 Å². The first-order valence-corrected chi connectivity index (χ1v) is 6.91. The van der Waals surface area contributed by atoms with Gasteiger partial charge in [0.15, 0.2) is 5.16 Å². The van der Waals surface area contributed by atoms with Gasteiger partial charge in [0.25, 0.3) is 0 Å². The standard InChI is InChI=1S/C13H16N4S/c1-2-18-13-16-8-11(9-17-13)7-14-10-12-5-3-4-6-15-12/h3-6,8-9,14H,2,7,10H2,1H3. The maximum Gasteiger partial charge on any atom is 0.187 e. The van der Waals surface area contributed by atoms with E-state index >= 15 is 0 Å². The summed E-state index contributed by atoms with van der Waals surface area (Å²) in [6.45, 7) is 3.61. The first kappa shape index (κ1) is 13.0. The molecule has 0 fully saturated rings. The van der Waals surface area contributed by atoms with E-state index in [-0.39, 0.29) is 0 Å². The van der Waals surface area contributed by atoms with Gasteiger partial charge in [0, 0.05) is 37.2 Å². The molecule has 94 valence electrons. The second kappa shape index (κ2) is 7.08. The highest BCUT2D eigenvalue weighted by atomic mass is 32.2. The third kappa shape index (κ3) is 4.09. The van der Waals surface area contributed by atoms with Crippen molar-refractivity contribution in [3.05, 3.63) is 48.0 Å². The van der Waals surface area contributed by atoms with E-state index in [9.17, 15) is 0 Å². The van der Waals surface area contributed by atoms with Crippen LogP contribution in [0.1, 0.15) is 18.2 Å². The largest absolute Gasteiger partial charge is 0.307 e. The molecule has 2 aromatic rings. The molecule has 0 aliphatic carbocycles. The number of rotatable bonds is 6. The van der Waals surface area contributed by atoms with Crippen LogP contribution in [0.3, 0.4) is 0 Å². The van der Waals surface area contributed by atoms with Gasteiger partial charge in [0.1, 0.15) is 0 Å². The molecule has 0 bridgehead atoms. The summed E-state index contributed by atoms with van der Waals surface area (Å²) in [5.41, 5.74) is 2.13. The Labute approximate surface area is 111 Å². The van der Waals surface area contributed by atoms with Crippen molar-refractivity contribution in [2.24, 2.45) is 0 Å². The van der Waals surface area contributed by atoms with Crippen LogP contribution in [0.25, 0.3) is 0 Å². The van der Waals surface area contributed by atoms with Crippen molar-refractivity contribution in [3.8, 4) is 0 Å². The zero-order valence-corrected chi connectivity index (χ0v) is 11.2. The molecule has 18 heavy (non-hydrogen) atoms. The molecule has 2 rings (SSSR count). The lowest BCUT2D eigenvalue weighted by molar-refractivity contribution is 0.672. The molecule has 0 saturated heterocycles. The molecule has 0 amide bonds. The van der Waals surface area contributed by atoms with Gasteiger partial charge in [0.2, 0.25) is 0 Å². The van der Waals surface area contributed by atoms with E-state index in [4.69, 9.17) is 0 Å². The molecular weight excluding hydrogens is 244 g/mol. The molecule has 0 aliphatic rings. The monoisotopic (exact) mass is 260 g/mol. The van der Waals surface area contributed by atoms with E-state index in [1.807, 2.05) is 30.6 Å². The summed E-state index contributed by atoms with van der Waals surface area (Å²) in [6, 6.07) is 5.91. The molecular formula is C13H16N4S. The van der Waals surface area contributed by atoms with Crippen LogP contribution in [0.15, 0.2) is 41.9 Å². The molecule has 2 heterocycles. The maximum atomic E-state index is 4.29. The van der Waals surface area contributed by atoms with Crippen LogP contribution >= 0.6 is 11.8 Å². The Morgan fingerprint density at radius 2 is 1.94 bits per heavy atom. The summed E-state index contributed by atoms with van der Waals surface area (Å²) in [5.74, 6) is 0.997. The zero-order chi connectivity index (χ0) is 12.6. The predicted molar refractivity (Wildman–Crippen MR) is 73.2 cm³/mol. The smallest absolute Gasteiger partial charge is 0.187 e. The van der Waals surface area contributed by atoms with E-state index in [0.717, 1.165) is 35.3 Å². The number of thioether (sulfide) groups is 1. The number of aromatic nitrogens is 3. The van der Waals surface area contributed by atoms with Gasteiger partial charge in [-0.2, -0.15) is 0 Å². The highest BCUT2D eigenvalue weighted by molar-refractivity contribution is 7.99. The van der Waals surface area contributed by atoms with Crippen LogP contribution in [0.2, 0.25) is 0 Å². The van der Waals surface area contributed by atoms with Crippen LogP contribution in [-0.2, 0) is 13.1 Å². The van der Waals surface area contributed by atoms with Crippen molar-refractivity contribution in [2.45, 2.75) is 25.2 Å². The zero-order valence-electron chi connectivity index (χ0n) is 10.3. The summed E-state index contributed by atoms with van der Waals surface area (Å²) >= 11 is 1.65. The highest BCUT2D eigenvalue weighted by Crippen LogP contribution is 2.10. The van der Waals surface area contributed by atoms with Gasteiger partial charge in [-0.3, -0.25) is 4.98 Å². The van der Waals surface area contributed by atoms with Crippen molar-refractivity contribution in [2.75, 3.05) is 5.75 Å². The van der Waals surface area contributed by atoms with Crippen molar-refractivity contribution < 1.29 is 0 Å². The Morgan fingerprint density at radius 3 is 2.61 bits per heavy atom. The summed E-state index contributed by atoms with van der Waals surface area (Å²) in [6.07, 6.45) is 5.55. The van der Waals surface area contributed by atoms with E-state index in [2.05, 4.69) is 27.2 Å². The van der Waals surface area contributed by atoms with Crippen molar-refractivity contribution in [1.29, 1.82) is 0 Å². The molecule has 0 radical (unpaired) electrons. The van der Waals surface area contributed by atoms with Gasteiger partial charge in [-0.25, -0.2) is 9.97 Å². The average Bonchev–Trinajstić information content (AvgIpc) is 2.42. The van der Waals surface area contributed by atoms with Gasteiger partial charge in [-0.1, -0.05) is 24.8 Å². The molecule has 0 aromatic carbocycles. The number of hydrogen-bond donors (Lipinski definition) is 1. The normalized spacial score (nSPS) is 10.5. The Bertz CT molecular complexity index is 458. The molecule has 0 spiro atoms. The second-order valence-electron chi connectivity index (χ2n) is 3.73. The highest BCUT2D eigenvalue weighted by Gasteiger charge is 1.98. The van der Waals surface area contributed by atoms with Gasteiger partial charge < -0.3 is 5.32 Å². The summed E-state index contributed by atoms with van der Waals surface area (Å²) in [5, 5.41) is 4.16. The minimum atomic E-state index is 0.756.